The third-order valence-corrected chi connectivity index (χ3v) is 3.08. The lowest BCUT2D eigenvalue weighted by atomic mass is 9.96. The third kappa shape index (κ3) is 1.91. The second-order valence-electron chi connectivity index (χ2n) is 4.11. The maximum absolute atomic E-state index is 6.09. The van der Waals surface area contributed by atoms with Crippen LogP contribution in [0, 0.1) is 19.3 Å². The summed E-state index contributed by atoms with van der Waals surface area (Å²) in [6.45, 7) is 4.03. The summed E-state index contributed by atoms with van der Waals surface area (Å²) in [5.74, 6) is 4.65. The quantitative estimate of drug-likeness (QED) is 0.763. The van der Waals surface area contributed by atoms with Crippen molar-refractivity contribution in [2.75, 3.05) is 18.9 Å². The van der Waals surface area contributed by atoms with Gasteiger partial charge in [-0.3, -0.25) is 0 Å². The molecule has 1 aliphatic heterocycles. The van der Waals surface area contributed by atoms with E-state index in [-0.39, 0.29) is 0 Å². The number of hydrogen-bond acceptors (Lipinski definition) is 3. The first-order valence-corrected chi connectivity index (χ1v) is 5.57. The molecule has 0 saturated carbocycles. The highest BCUT2D eigenvalue weighted by Crippen LogP contribution is 2.30. The minimum Gasteiger partial charge on any atom is -0.384 e. The van der Waals surface area contributed by atoms with Gasteiger partial charge < -0.3 is 15.0 Å². The van der Waals surface area contributed by atoms with Gasteiger partial charge in [0, 0.05) is 19.1 Å². The number of hydrogen-bond donors (Lipinski definition) is 1. The smallest absolute Gasteiger partial charge is 0.127 e. The van der Waals surface area contributed by atoms with Gasteiger partial charge in [0.15, 0.2) is 0 Å². The fourth-order valence-corrected chi connectivity index (χ4v) is 2.17. The van der Waals surface area contributed by atoms with E-state index in [2.05, 4.69) is 10.9 Å². The fourth-order valence-electron chi connectivity index (χ4n) is 2.17. The van der Waals surface area contributed by atoms with E-state index in [1.807, 2.05) is 11.5 Å². The standard InChI is InChI=1S/C12H17N3O/c1-3-6-15-9(2)14-11(12(15)13)10-4-7-16-8-5-10/h1,10H,4-8,13H2,2H3. The molecule has 1 saturated heterocycles. The van der Waals surface area contributed by atoms with Crippen molar-refractivity contribution in [1.82, 2.24) is 9.55 Å². The predicted molar refractivity (Wildman–Crippen MR) is 63.0 cm³/mol. The molecule has 0 aromatic carbocycles. The number of anilines is 1. The molecule has 2 N–H and O–H groups in total. The van der Waals surface area contributed by atoms with Crippen molar-refractivity contribution in [3.05, 3.63) is 11.5 Å². The highest BCUT2D eigenvalue weighted by molar-refractivity contribution is 5.41. The van der Waals surface area contributed by atoms with Crippen LogP contribution in [-0.2, 0) is 11.3 Å². The summed E-state index contributed by atoms with van der Waals surface area (Å²) >= 11 is 0. The molecular weight excluding hydrogens is 202 g/mol. The maximum atomic E-state index is 6.09. The average Bonchev–Trinajstić information content (AvgIpc) is 2.59. The lowest BCUT2D eigenvalue weighted by Crippen LogP contribution is -2.16. The Morgan fingerprint density at radius 1 is 1.56 bits per heavy atom. The molecular formula is C12H17N3O. The summed E-state index contributed by atoms with van der Waals surface area (Å²) < 4.78 is 7.23. The Labute approximate surface area is 95.8 Å². The molecule has 0 radical (unpaired) electrons. The first-order chi connectivity index (χ1) is 7.74. The fraction of sp³-hybridized carbons (Fsp3) is 0.583. The minimum absolute atomic E-state index is 0.423. The molecule has 86 valence electrons. The van der Waals surface area contributed by atoms with Crippen LogP contribution in [-0.4, -0.2) is 22.8 Å². The zero-order valence-corrected chi connectivity index (χ0v) is 9.57. The monoisotopic (exact) mass is 219 g/mol. The van der Waals surface area contributed by atoms with E-state index in [9.17, 15) is 0 Å². The number of imidazole rings is 1. The van der Waals surface area contributed by atoms with E-state index >= 15 is 0 Å². The predicted octanol–water partition coefficient (Wildman–Crippen LogP) is 1.30. The van der Waals surface area contributed by atoms with Crippen molar-refractivity contribution in [3.8, 4) is 12.3 Å². The first kappa shape index (κ1) is 11.0. The number of aromatic nitrogens is 2. The van der Waals surface area contributed by atoms with Gasteiger partial charge in [0.2, 0.25) is 0 Å². The van der Waals surface area contributed by atoms with Gasteiger partial charge in [-0.2, -0.15) is 0 Å². The Bertz CT molecular complexity index is 411. The van der Waals surface area contributed by atoms with Gasteiger partial charge in [-0.25, -0.2) is 4.98 Å². The summed E-state index contributed by atoms with van der Waals surface area (Å²) in [7, 11) is 0. The van der Waals surface area contributed by atoms with Gasteiger partial charge >= 0.3 is 0 Å². The lowest BCUT2D eigenvalue weighted by Gasteiger charge is -2.20. The molecule has 2 rings (SSSR count). The molecule has 1 aromatic heterocycles. The Kier molecular flexibility index (Phi) is 3.16. The van der Waals surface area contributed by atoms with Crippen molar-refractivity contribution >= 4 is 5.82 Å². The van der Waals surface area contributed by atoms with Gasteiger partial charge in [0.25, 0.3) is 0 Å². The number of ether oxygens (including phenoxy) is 1. The number of nitrogens with two attached hydrogens (primary N) is 1. The highest BCUT2D eigenvalue weighted by atomic mass is 16.5. The summed E-state index contributed by atoms with van der Waals surface area (Å²) in [5.41, 5.74) is 7.08. The number of nitrogens with zero attached hydrogens (tertiary/aromatic N) is 2. The van der Waals surface area contributed by atoms with Crippen molar-refractivity contribution in [3.63, 3.8) is 0 Å². The van der Waals surface area contributed by atoms with Crippen LogP contribution in [0.1, 0.15) is 30.3 Å². The van der Waals surface area contributed by atoms with Gasteiger partial charge in [0.1, 0.15) is 11.6 Å². The number of rotatable bonds is 2. The largest absolute Gasteiger partial charge is 0.384 e. The van der Waals surface area contributed by atoms with Crippen molar-refractivity contribution in [2.24, 2.45) is 0 Å². The van der Waals surface area contributed by atoms with Gasteiger partial charge in [-0.05, 0) is 19.8 Å². The van der Waals surface area contributed by atoms with Gasteiger partial charge in [-0.1, -0.05) is 5.92 Å². The normalized spacial score (nSPS) is 17.2. The summed E-state index contributed by atoms with van der Waals surface area (Å²) in [6.07, 6.45) is 7.31. The van der Waals surface area contributed by atoms with Crippen LogP contribution in [0.3, 0.4) is 0 Å². The summed E-state index contributed by atoms with van der Waals surface area (Å²) in [5, 5.41) is 0. The molecule has 1 aromatic rings. The zero-order valence-electron chi connectivity index (χ0n) is 9.57. The van der Waals surface area contributed by atoms with Crippen LogP contribution >= 0.6 is 0 Å². The van der Waals surface area contributed by atoms with E-state index < -0.39 is 0 Å². The second-order valence-corrected chi connectivity index (χ2v) is 4.11. The Morgan fingerprint density at radius 2 is 2.25 bits per heavy atom. The molecule has 0 unspecified atom stereocenters. The molecule has 0 amide bonds. The van der Waals surface area contributed by atoms with Crippen LogP contribution in [0.2, 0.25) is 0 Å². The highest BCUT2D eigenvalue weighted by Gasteiger charge is 2.22. The summed E-state index contributed by atoms with van der Waals surface area (Å²) in [6, 6.07) is 0. The molecule has 0 aliphatic carbocycles. The number of aryl methyl sites for hydroxylation is 1. The molecule has 4 heteroatoms. The van der Waals surface area contributed by atoms with Crippen LogP contribution in [0.5, 0.6) is 0 Å². The lowest BCUT2D eigenvalue weighted by molar-refractivity contribution is 0.0847. The van der Waals surface area contributed by atoms with Crippen LogP contribution in [0.15, 0.2) is 0 Å². The van der Waals surface area contributed by atoms with Crippen molar-refractivity contribution in [1.29, 1.82) is 0 Å². The molecule has 1 fully saturated rings. The molecule has 16 heavy (non-hydrogen) atoms. The van der Waals surface area contributed by atoms with Crippen LogP contribution < -0.4 is 5.73 Å². The van der Waals surface area contributed by atoms with E-state index in [0.717, 1.165) is 43.4 Å². The number of terminal acetylenes is 1. The van der Waals surface area contributed by atoms with Crippen LogP contribution in [0.25, 0.3) is 0 Å². The number of nitrogen functional groups attached to an aromatic ring is 1. The van der Waals surface area contributed by atoms with E-state index in [4.69, 9.17) is 16.9 Å². The second kappa shape index (κ2) is 4.58. The Morgan fingerprint density at radius 3 is 2.88 bits per heavy atom. The molecule has 4 nitrogen and oxygen atoms in total. The van der Waals surface area contributed by atoms with E-state index in [0.29, 0.717) is 12.5 Å². The molecule has 0 spiro atoms. The van der Waals surface area contributed by atoms with E-state index in [1.165, 1.54) is 0 Å². The summed E-state index contributed by atoms with van der Waals surface area (Å²) in [4.78, 5) is 4.54. The van der Waals surface area contributed by atoms with Gasteiger partial charge in [-0.15, -0.1) is 6.42 Å². The zero-order chi connectivity index (χ0) is 11.5. The maximum Gasteiger partial charge on any atom is 0.127 e. The Hall–Kier alpha value is -1.47. The topological polar surface area (TPSA) is 53.1 Å². The van der Waals surface area contributed by atoms with Crippen molar-refractivity contribution in [2.45, 2.75) is 32.2 Å². The molecule has 2 heterocycles. The minimum atomic E-state index is 0.423. The van der Waals surface area contributed by atoms with E-state index in [1.54, 1.807) is 0 Å². The van der Waals surface area contributed by atoms with Crippen molar-refractivity contribution < 1.29 is 4.74 Å². The van der Waals surface area contributed by atoms with Crippen LogP contribution in [0.4, 0.5) is 5.82 Å². The SMILES string of the molecule is C#CCn1c(C)nc(C2CCOCC2)c1N. The molecule has 0 atom stereocenters. The average molecular weight is 219 g/mol. The first-order valence-electron chi connectivity index (χ1n) is 5.57. The Balaban J connectivity index is 2.27. The molecule has 1 aliphatic rings. The third-order valence-electron chi connectivity index (χ3n) is 3.08. The van der Waals surface area contributed by atoms with Gasteiger partial charge in [0.05, 0.1) is 12.2 Å². The molecule has 0 bridgehead atoms.